The third-order valence-electron chi connectivity index (χ3n) is 2.72. The minimum atomic E-state index is -4.48. The summed E-state index contributed by atoms with van der Waals surface area (Å²) in [6, 6.07) is 0.826. The minimum absolute atomic E-state index is 0.0239. The van der Waals surface area contributed by atoms with Gasteiger partial charge >= 0.3 is 6.18 Å². The fraction of sp³-hybridized carbons (Fsp3) is 0.600. The second kappa shape index (κ2) is 4.46. The number of hydrogen-bond donors (Lipinski definition) is 0. The van der Waals surface area contributed by atoms with Crippen LogP contribution >= 0.6 is 0 Å². The van der Waals surface area contributed by atoms with E-state index in [2.05, 4.69) is 9.97 Å². The predicted octanol–water partition coefficient (Wildman–Crippen LogP) is 2.29. The first-order valence-corrected chi connectivity index (χ1v) is 5.22. The Morgan fingerprint density at radius 1 is 1.41 bits per heavy atom. The van der Waals surface area contributed by atoms with Crippen LogP contribution in [0.3, 0.4) is 0 Å². The molecule has 2 heterocycles. The van der Waals surface area contributed by atoms with E-state index in [1.807, 2.05) is 0 Å². The van der Waals surface area contributed by atoms with E-state index >= 15 is 0 Å². The standard InChI is InChI=1S/C10H11F4N3/c11-5-7-2-4-17(6-7)9-15-3-1-8(16-9)10(12,13)14/h1,3,7H,2,4-6H2. The van der Waals surface area contributed by atoms with Crippen molar-refractivity contribution in [2.24, 2.45) is 5.92 Å². The maximum absolute atomic E-state index is 12.4. The third kappa shape index (κ3) is 2.65. The number of aromatic nitrogens is 2. The number of halogens is 4. The summed E-state index contributed by atoms with van der Waals surface area (Å²) in [7, 11) is 0. The van der Waals surface area contributed by atoms with E-state index in [1.165, 1.54) is 0 Å². The molecule has 1 fully saturated rings. The van der Waals surface area contributed by atoms with Crippen molar-refractivity contribution in [3.8, 4) is 0 Å². The molecule has 0 amide bonds. The molecule has 1 aliphatic heterocycles. The molecule has 0 bridgehead atoms. The van der Waals surface area contributed by atoms with Crippen molar-refractivity contribution in [1.29, 1.82) is 0 Å². The summed E-state index contributed by atoms with van der Waals surface area (Å²) in [5.41, 5.74) is -0.966. The Kier molecular flexibility index (Phi) is 3.17. The van der Waals surface area contributed by atoms with E-state index in [0.717, 1.165) is 12.3 Å². The molecule has 1 atom stereocenters. The number of alkyl halides is 4. The van der Waals surface area contributed by atoms with E-state index in [-0.39, 0.29) is 11.9 Å². The van der Waals surface area contributed by atoms with Crippen LogP contribution in [0.15, 0.2) is 12.3 Å². The van der Waals surface area contributed by atoms with Crippen molar-refractivity contribution in [1.82, 2.24) is 9.97 Å². The molecule has 0 aliphatic carbocycles. The van der Waals surface area contributed by atoms with Crippen LogP contribution in [-0.4, -0.2) is 29.7 Å². The monoisotopic (exact) mass is 249 g/mol. The van der Waals surface area contributed by atoms with Gasteiger partial charge in [0.25, 0.3) is 0 Å². The zero-order valence-electron chi connectivity index (χ0n) is 8.91. The molecule has 1 aromatic rings. The zero-order valence-corrected chi connectivity index (χ0v) is 8.91. The largest absolute Gasteiger partial charge is 0.433 e. The Hall–Kier alpha value is -1.40. The van der Waals surface area contributed by atoms with E-state index < -0.39 is 18.5 Å². The normalized spacial score (nSPS) is 20.9. The van der Waals surface area contributed by atoms with Gasteiger partial charge in [-0.1, -0.05) is 0 Å². The van der Waals surface area contributed by atoms with Crippen LogP contribution in [0.1, 0.15) is 12.1 Å². The highest BCUT2D eigenvalue weighted by Crippen LogP contribution is 2.29. The van der Waals surface area contributed by atoms with Gasteiger partial charge in [0.15, 0.2) is 0 Å². The van der Waals surface area contributed by atoms with Crippen LogP contribution in [0.2, 0.25) is 0 Å². The van der Waals surface area contributed by atoms with Crippen LogP contribution < -0.4 is 4.90 Å². The Bertz CT molecular complexity index is 393. The molecule has 17 heavy (non-hydrogen) atoms. The van der Waals surface area contributed by atoms with E-state index in [9.17, 15) is 17.6 Å². The average molecular weight is 249 g/mol. The topological polar surface area (TPSA) is 29.0 Å². The van der Waals surface area contributed by atoms with Crippen molar-refractivity contribution in [3.63, 3.8) is 0 Å². The van der Waals surface area contributed by atoms with Gasteiger partial charge in [-0.3, -0.25) is 4.39 Å². The minimum Gasteiger partial charge on any atom is -0.340 e. The lowest BCUT2D eigenvalue weighted by atomic mass is 10.1. The number of nitrogens with zero attached hydrogens (tertiary/aromatic N) is 3. The second-order valence-electron chi connectivity index (χ2n) is 3.99. The van der Waals surface area contributed by atoms with E-state index in [1.54, 1.807) is 4.90 Å². The molecule has 94 valence electrons. The Labute approximate surface area is 95.5 Å². The maximum atomic E-state index is 12.4. The molecule has 3 nitrogen and oxygen atoms in total. The Balaban J connectivity index is 2.17. The van der Waals surface area contributed by atoms with Gasteiger partial charge in [0.1, 0.15) is 5.69 Å². The fourth-order valence-corrected chi connectivity index (χ4v) is 1.80. The molecule has 0 radical (unpaired) electrons. The number of rotatable bonds is 2. The van der Waals surface area contributed by atoms with Crippen LogP contribution in [0.25, 0.3) is 0 Å². The Morgan fingerprint density at radius 2 is 2.18 bits per heavy atom. The SMILES string of the molecule is FCC1CCN(c2nccc(C(F)(F)F)n2)C1. The molecule has 1 aliphatic rings. The predicted molar refractivity (Wildman–Crippen MR) is 53.3 cm³/mol. The van der Waals surface area contributed by atoms with Gasteiger partial charge in [-0.25, -0.2) is 9.97 Å². The quantitative estimate of drug-likeness (QED) is 0.753. The van der Waals surface area contributed by atoms with Crippen molar-refractivity contribution in [2.45, 2.75) is 12.6 Å². The highest BCUT2D eigenvalue weighted by Gasteiger charge is 2.34. The summed E-state index contributed by atoms with van der Waals surface area (Å²) in [4.78, 5) is 8.84. The first kappa shape index (κ1) is 12.1. The molecule has 7 heteroatoms. The molecular formula is C10H11F4N3. The molecule has 1 aromatic heterocycles. The van der Waals surface area contributed by atoms with E-state index in [4.69, 9.17) is 0 Å². The number of hydrogen-bond acceptors (Lipinski definition) is 3. The molecule has 1 saturated heterocycles. The lowest BCUT2D eigenvalue weighted by Gasteiger charge is -2.16. The zero-order chi connectivity index (χ0) is 12.5. The van der Waals surface area contributed by atoms with Gasteiger partial charge in [-0.2, -0.15) is 13.2 Å². The van der Waals surface area contributed by atoms with Crippen molar-refractivity contribution in [3.05, 3.63) is 18.0 Å². The summed E-state index contributed by atoms with van der Waals surface area (Å²) in [5.74, 6) is -0.107. The fourth-order valence-electron chi connectivity index (χ4n) is 1.80. The number of anilines is 1. The third-order valence-corrected chi connectivity index (χ3v) is 2.72. The summed E-state index contributed by atoms with van der Waals surface area (Å²) >= 11 is 0. The van der Waals surface area contributed by atoms with Gasteiger partial charge in [0.2, 0.25) is 5.95 Å². The maximum Gasteiger partial charge on any atom is 0.433 e. The molecule has 1 unspecified atom stereocenters. The summed E-state index contributed by atoms with van der Waals surface area (Å²) in [6.07, 6.45) is -2.78. The lowest BCUT2D eigenvalue weighted by Crippen LogP contribution is -2.23. The second-order valence-corrected chi connectivity index (χ2v) is 3.99. The molecule has 0 N–H and O–H groups in total. The average Bonchev–Trinajstić information content (AvgIpc) is 2.76. The van der Waals surface area contributed by atoms with Crippen molar-refractivity contribution >= 4 is 5.95 Å². The molecule has 0 saturated carbocycles. The van der Waals surface area contributed by atoms with Crippen LogP contribution in [0.4, 0.5) is 23.5 Å². The van der Waals surface area contributed by atoms with Crippen LogP contribution in [0, 0.1) is 5.92 Å². The summed E-state index contributed by atoms with van der Waals surface area (Å²) in [5, 5.41) is 0. The molecule has 2 rings (SSSR count). The van der Waals surface area contributed by atoms with Crippen molar-refractivity contribution < 1.29 is 17.6 Å². The van der Waals surface area contributed by atoms with Crippen LogP contribution in [0.5, 0.6) is 0 Å². The van der Waals surface area contributed by atoms with E-state index in [0.29, 0.717) is 19.5 Å². The molecule has 0 spiro atoms. The smallest absolute Gasteiger partial charge is 0.340 e. The lowest BCUT2D eigenvalue weighted by molar-refractivity contribution is -0.141. The Morgan fingerprint density at radius 3 is 2.76 bits per heavy atom. The highest BCUT2D eigenvalue weighted by atomic mass is 19.4. The first-order valence-electron chi connectivity index (χ1n) is 5.22. The van der Waals surface area contributed by atoms with Crippen LogP contribution in [-0.2, 0) is 6.18 Å². The van der Waals surface area contributed by atoms with Gasteiger partial charge in [0.05, 0.1) is 6.67 Å². The summed E-state index contributed by atoms with van der Waals surface area (Å²) < 4.78 is 49.7. The van der Waals surface area contributed by atoms with Gasteiger partial charge in [-0.05, 0) is 12.5 Å². The highest BCUT2D eigenvalue weighted by molar-refractivity contribution is 5.32. The van der Waals surface area contributed by atoms with Crippen molar-refractivity contribution in [2.75, 3.05) is 24.7 Å². The molecular weight excluding hydrogens is 238 g/mol. The van der Waals surface area contributed by atoms with Gasteiger partial charge in [-0.15, -0.1) is 0 Å². The molecule has 0 aromatic carbocycles. The first-order chi connectivity index (χ1) is 8.00. The summed E-state index contributed by atoms with van der Waals surface area (Å²) in [6.45, 7) is 0.406. The van der Waals surface area contributed by atoms with Gasteiger partial charge < -0.3 is 4.90 Å². The van der Waals surface area contributed by atoms with Gasteiger partial charge in [0, 0.05) is 25.2 Å².